The van der Waals surface area contributed by atoms with Gasteiger partial charge in [0.2, 0.25) is 0 Å². The normalized spacial score (nSPS) is 31.6. The molecule has 0 aromatic rings. The summed E-state index contributed by atoms with van der Waals surface area (Å²) in [4.78, 5) is 11.2. The zero-order valence-corrected chi connectivity index (χ0v) is 7.30. The van der Waals surface area contributed by atoms with Gasteiger partial charge in [0, 0.05) is 0 Å². The standard InChI is InChI=1S/C9H16O2/c1-3-7-5-6-8(4-2)11-9(7)10/h7-8H,3-6H2,1-2H3/t7-,8-/m0/s1. The molecule has 2 nitrogen and oxygen atoms in total. The second-order valence-electron chi connectivity index (χ2n) is 3.15. The quantitative estimate of drug-likeness (QED) is 0.572. The average molecular weight is 156 g/mol. The Morgan fingerprint density at radius 3 is 2.55 bits per heavy atom. The van der Waals surface area contributed by atoms with Gasteiger partial charge < -0.3 is 4.74 Å². The van der Waals surface area contributed by atoms with Crippen LogP contribution in [-0.4, -0.2) is 12.1 Å². The first-order chi connectivity index (χ1) is 5.27. The molecule has 0 bridgehead atoms. The maximum atomic E-state index is 11.2. The Kier molecular flexibility index (Phi) is 2.92. The molecule has 0 spiro atoms. The van der Waals surface area contributed by atoms with Crippen LogP contribution in [0.25, 0.3) is 0 Å². The van der Waals surface area contributed by atoms with Crippen molar-refractivity contribution < 1.29 is 9.53 Å². The van der Waals surface area contributed by atoms with Gasteiger partial charge in [-0.1, -0.05) is 13.8 Å². The molecule has 1 aliphatic heterocycles. The predicted octanol–water partition coefficient (Wildman–Crippen LogP) is 2.13. The van der Waals surface area contributed by atoms with Gasteiger partial charge in [0.05, 0.1) is 5.92 Å². The van der Waals surface area contributed by atoms with Crippen LogP contribution in [0, 0.1) is 5.92 Å². The van der Waals surface area contributed by atoms with Gasteiger partial charge in [-0.25, -0.2) is 0 Å². The van der Waals surface area contributed by atoms with E-state index in [0.29, 0.717) is 0 Å². The van der Waals surface area contributed by atoms with Crippen molar-refractivity contribution in [1.82, 2.24) is 0 Å². The molecule has 0 amide bonds. The summed E-state index contributed by atoms with van der Waals surface area (Å²) in [6, 6.07) is 0. The molecule has 0 aromatic heterocycles. The van der Waals surface area contributed by atoms with Crippen LogP contribution in [0.1, 0.15) is 39.5 Å². The summed E-state index contributed by atoms with van der Waals surface area (Å²) in [5.74, 6) is 0.198. The Balaban J connectivity index is 2.41. The van der Waals surface area contributed by atoms with E-state index in [1.807, 2.05) is 6.92 Å². The van der Waals surface area contributed by atoms with Crippen LogP contribution in [0.15, 0.2) is 0 Å². The van der Waals surface area contributed by atoms with Gasteiger partial charge in [0.1, 0.15) is 6.10 Å². The molecule has 1 rings (SSSR count). The maximum Gasteiger partial charge on any atom is 0.309 e. The molecule has 1 heterocycles. The number of carbonyl (C=O) groups excluding carboxylic acids is 1. The number of hydrogen-bond donors (Lipinski definition) is 0. The van der Waals surface area contributed by atoms with Crippen LogP contribution < -0.4 is 0 Å². The zero-order valence-electron chi connectivity index (χ0n) is 7.30. The molecule has 1 aliphatic rings. The van der Waals surface area contributed by atoms with E-state index in [2.05, 4.69) is 6.92 Å². The van der Waals surface area contributed by atoms with Gasteiger partial charge >= 0.3 is 5.97 Å². The van der Waals surface area contributed by atoms with E-state index in [1.54, 1.807) is 0 Å². The van der Waals surface area contributed by atoms with Crippen molar-refractivity contribution in [3.8, 4) is 0 Å². The molecule has 64 valence electrons. The number of hydrogen-bond acceptors (Lipinski definition) is 2. The maximum absolute atomic E-state index is 11.2. The number of ether oxygens (including phenoxy) is 1. The Hall–Kier alpha value is -0.530. The highest BCUT2D eigenvalue weighted by Gasteiger charge is 2.27. The molecule has 0 aliphatic carbocycles. The van der Waals surface area contributed by atoms with Gasteiger partial charge in [0.15, 0.2) is 0 Å². The van der Waals surface area contributed by atoms with E-state index in [4.69, 9.17) is 4.74 Å². The first-order valence-electron chi connectivity index (χ1n) is 4.48. The molecular formula is C9H16O2. The second kappa shape index (κ2) is 3.74. The molecule has 0 radical (unpaired) electrons. The summed E-state index contributed by atoms with van der Waals surface area (Å²) in [6.07, 6.45) is 4.16. The number of cyclic esters (lactones) is 1. The predicted molar refractivity (Wildman–Crippen MR) is 43.2 cm³/mol. The topological polar surface area (TPSA) is 26.3 Å². The monoisotopic (exact) mass is 156 g/mol. The van der Waals surface area contributed by atoms with Crippen molar-refractivity contribution in [2.24, 2.45) is 5.92 Å². The number of carbonyl (C=O) groups is 1. The Labute approximate surface area is 67.9 Å². The molecule has 0 aromatic carbocycles. The van der Waals surface area contributed by atoms with Crippen LogP contribution >= 0.6 is 0 Å². The van der Waals surface area contributed by atoms with Crippen LogP contribution in [0.3, 0.4) is 0 Å². The zero-order chi connectivity index (χ0) is 8.27. The molecule has 0 N–H and O–H groups in total. The van der Waals surface area contributed by atoms with Crippen LogP contribution in [0.5, 0.6) is 0 Å². The summed E-state index contributed by atoms with van der Waals surface area (Å²) >= 11 is 0. The summed E-state index contributed by atoms with van der Waals surface area (Å²) in [5.41, 5.74) is 0. The van der Waals surface area contributed by atoms with Crippen molar-refractivity contribution in [2.75, 3.05) is 0 Å². The number of esters is 1. The van der Waals surface area contributed by atoms with Crippen LogP contribution in [0.2, 0.25) is 0 Å². The lowest BCUT2D eigenvalue weighted by atomic mass is 9.95. The van der Waals surface area contributed by atoms with E-state index in [0.717, 1.165) is 25.7 Å². The highest BCUT2D eigenvalue weighted by molar-refractivity contribution is 5.73. The highest BCUT2D eigenvalue weighted by Crippen LogP contribution is 2.23. The van der Waals surface area contributed by atoms with Gasteiger partial charge in [-0.05, 0) is 25.7 Å². The van der Waals surface area contributed by atoms with Gasteiger partial charge in [-0.2, -0.15) is 0 Å². The third-order valence-corrected chi connectivity index (χ3v) is 2.40. The largest absolute Gasteiger partial charge is 0.462 e. The minimum absolute atomic E-state index is 0.0191. The number of rotatable bonds is 2. The van der Waals surface area contributed by atoms with Crippen molar-refractivity contribution >= 4 is 5.97 Å². The van der Waals surface area contributed by atoms with E-state index >= 15 is 0 Å². The van der Waals surface area contributed by atoms with E-state index in [-0.39, 0.29) is 18.0 Å². The van der Waals surface area contributed by atoms with Crippen LogP contribution in [0.4, 0.5) is 0 Å². The molecule has 0 saturated carbocycles. The Morgan fingerprint density at radius 1 is 1.36 bits per heavy atom. The minimum atomic E-state index is 0.0191. The lowest BCUT2D eigenvalue weighted by Crippen LogP contribution is -2.30. The lowest BCUT2D eigenvalue weighted by molar-refractivity contribution is -0.160. The smallest absolute Gasteiger partial charge is 0.309 e. The second-order valence-corrected chi connectivity index (χ2v) is 3.15. The third kappa shape index (κ3) is 1.95. The molecule has 1 fully saturated rings. The first kappa shape index (κ1) is 8.57. The Morgan fingerprint density at radius 2 is 2.09 bits per heavy atom. The summed E-state index contributed by atoms with van der Waals surface area (Å²) < 4.78 is 5.20. The molecule has 0 unspecified atom stereocenters. The first-order valence-corrected chi connectivity index (χ1v) is 4.48. The molecular weight excluding hydrogens is 140 g/mol. The fraction of sp³-hybridized carbons (Fsp3) is 0.889. The summed E-state index contributed by atoms with van der Waals surface area (Å²) in [6.45, 7) is 4.10. The van der Waals surface area contributed by atoms with Crippen molar-refractivity contribution in [3.05, 3.63) is 0 Å². The highest BCUT2D eigenvalue weighted by atomic mass is 16.5. The fourth-order valence-corrected chi connectivity index (χ4v) is 1.48. The van der Waals surface area contributed by atoms with Gasteiger partial charge in [0.25, 0.3) is 0 Å². The molecule has 1 saturated heterocycles. The minimum Gasteiger partial charge on any atom is -0.462 e. The average Bonchev–Trinajstić information content (AvgIpc) is 2.04. The van der Waals surface area contributed by atoms with Gasteiger partial charge in [-0.3, -0.25) is 4.79 Å². The third-order valence-electron chi connectivity index (χ3n) is 2.40. The lowest BCUT2D eigenvalue weighted by Gasteiger charge is -2.26. The van der Waals surface area contributed by atoms with E-state index < -0.39 is 0 Å². The molecule has 2 atom stereocenters. The summed E-state index contributed by atoms with van der Waals surface area (Å²) in [5, 5.41) is 0. The Bertz CT molecular complexity index is 142. The van der Waals surface area contributed by atoms with Gasteiger partial charge in [-0.15, -0.1) is 0 Å². The summed E-state index contributed by atoms with van der Waals surface area (Å²) in [7, 11) is 0. The van der Waals surface area contributed by atoms with Crippen molar-refractivity contribution in [1.29, 1.82) is 0 Å². The van der Waals surface area contributed by atoms with E-state index in [1.165, 1.54) is 0 Å². The van der Waals surface area contributed by atoms with Crippen LogP contribution in [-0.2, 0) is 9.53 Å². The van der Waals surface area contributed by atoms with Crippen molar-refractivity contribution in [2.45, 2.75) is 45.6 Å². The van der Waals surface area contributed by atoms with E-state index in [9.17, 15) is 4.79 Å². The van der Waals surface area contributed by atoms with Crippen molar-refractivity contribution in [3.63, 3.8) is 0 Å². The SMILES string of the molecule is CC[C@H]1CC[C@H](CC)C(=O)O1. The fourth-order valence-electron chi connectivity index (χ4n) is 1.48. The molecule has 2 heteroatoms. The molecule has 11 heavy (non-hydrogen) atoms.